The van der Waals surface area contributed by atoms with Gasteiger partial charge in [-0.25, -0.2) is 0 Å². The van der Waals surface area contributed by atoms with Gasteiger partial charge in [-0.3, -0.25) is 0 Å². The Bertz CT molecular complexity index is 561. The van der Waals surface area contributed by atoms with Crippen LogP contribution in [-0.2, 0) is 11.3 Å². The van der Waals surface area contributed by atoms with Gasteiger partial charge in [-0.1, -0.05) is 17.7 Å². The molecule has 0 aliphatic carbocycles. The highest BCUT2D eigenvalue weighted by atomic mass is 35.5. The van der Waals surface area contributed by atoms with Crippen molar-refractivity contribution < 1.29 is 4.74 Å². The van der Waals surface area contributed by atoms with Crippen LogP contribution in [0.1, 0.15) is 12.8 Å². The maximum Gasteiger partial charge on any atom is 0.178 e. The lowest BCUT2D eigenvalue weighted by Crippen LogP contribution is -2.00. The summed E-state index contributed by atoms with van der Waals surface area (Å²) in [7, 11) is 1.72. The molecule has 0 saturated heterocycles. The van der Waals surface area contributed by atoms with Crippen molar-refractivity contribution in [3.8, 4) is 0 Å². The number of H-pyrrole nitrogens is 1. The largest absolute Gasteiger partial charge is 0.385 e. The van der Waals surface area contributed by atoms with E-state index in [1.807, 2.05) is 18.2 Å². The number of aryl methyl sites for hydroxylation is 1. The number of hydrogen-bond donors (Lipinski definition) is 1. The average Bonchev–Trinajstić information content (AvgIpc) is 2.62. The highest BCUT2D eigenvalue weighted by Gasteiger charge is 2.07. The van der Waals surface area contributed by atoms with Crippen molar-refractivity contribution in [1.82, 2.24) is 9.55 Å². The molecule has 1 heterocycles. The Hall–Kier alpha value is -0.840. The Morgan fingerprint density at radius 2 is 2.24 bits per heavy atom. The molecule has 1 N–H and O–H groups in total. The standard InChI is InChI=1S/C12H15ClN2OS/c1-16-8-3-2-7-15-11-9(13)5-4-6-10(11)14-12(15)17/h4-6H,2-3,7-8H2,1H3,(H,14,17). The van der Waals surface area contributed by atoms with E-state index in [-0.39, 0.29) is 0 Å². The highest BCUT2D eigenvalue weighted by molar-refractivity contribution is 7.71. The van der Waals surface area contributed by atoms with Crippen LogP contribution in [0.2, 0.25) is 5.02 Å². The molecule has 0 radical (unpaired) electrons. The van der Waals surface area contributed by atoms with E-state index in [9.17, 15) is 0 Å². The molecule has 0 fully saturated rings. The molecule has 2 rings (SSSR count). The number of aromatic amines is 1. The minimum Gasteiger partial charge on any atom is -0.385 e. The molecule has 1 aromatic carbocycles. The van der Waals surface area contributed by atoms with Crippen molar-refractivity contribution in [2.75, 3.05) is 13.7 Å². The summed E-state index contributed by atoms with van der Waals surface area (Å²) < 4.78 is 7.82. The van der Waals surface area contributed by atoms with Crippen LogP contribution in [-0.4, -0.2) is 23.3 Å². The van der Waals surface area contributed by atoms with E-state index in [1.54, 1.807) is 7.11 Å². The maximum absolute atomic E-state index is 6.20. The van der Waals surface area contributed by atoms with Crippen molar-refractivity contribution in [3.05, 3.63) is 28.0 Å². The van der Waals surface area contributed by atoms with Gasteiger partial charge in [0.15, 0.2) is 4.77 Å². The number of para-hydroxylation sites is 1. The molecule has 92 valence electrons. The number of halogens is 1. The summed E-state index contributed by atoms with van der Waals surface area (Å²) >= 11 is 11.5. The van der Waals surface area contributed by atoms with E-state index in [4.69, 9.17) is 28.6 Å². The van der Waals surface area contributed by atoms with Crippen LogP contribution in [0.3, 0.4) is 0 Å². The Morgan fingerprint density at radius 3 is 3.00 bits per heavy atom. The molecule has 0 spiro atoms. The van der Waals surface area contributed by atoms with E-state index in [0.717, 1.165) is 46.8 Å². The normalized spacial score (nSPS) is 11.2. The van der Waals surface area contributed by atoms with Crippen molar-refractivity contribution in [2.24, 2.45) is 0 Å². The second-order valence-corrected chi connectivity index (χ2v) is 4.71. The summed E-state index contributed by atoms with van der Waals surface area (Å²) in [4.78, 5) is 3.17. The third-order valence-corrected chi connectivity index (χ3v) is 3.35. The molecule has 0 saturated carbocycles. The van der Waals surface area contributed by atoms with E-state index < -0.39 is 0 Å². The third-order valence-electron chi connectivity index (χ3n) is 2.72. The lowest BCUT2D eigenvalue weighted by Gasteiger charge is -2.05. The first-order chi connectivity index (χ1) is 8.24. The quantitative estimate of drug-likeness (QED) is 0.662. The van der Waals surface area contributed by atoms with Crippen LogP contribution in [0.4, 0.5) is 0 Å². The zero-order valence-electron chi connectivity index (χ0n) is 9.70. The van der Waals surface area contributed by atoms with Crippen LogP contribution in [0, 0.1) is 4.77 Å². The molecule has 1 aromatic heterocycles. The summed E-state index contributed by atoms with van der Waals surface area (Å²) in [6.07, 6.45) is 2.05. The number of hydrogen-bond acceptors (Lipinski definition) is 2. The second kappa shape index (κ2) is 5.67. The van der Waals surface area contributed by atoms with Crippen LogP contribution >= 0.6 is 23.8 Å². The Morgan fingerprint density at radius 1 is 1.41 bits per heavy atom. The van der Waals surface area contributed by atoms with E-state index in [2.05, 4.69) is 9.55 Å². The van der Waals surface area contributed by atoms with Gasteiger partial charge >= 0.3 is 0 Å². The molecular formula is C12H15ClN2OS. The summed E-state index contributed by atoms with van der Waals surface area (Å²) in [6.45, 7) is 1.65. The van der Waals surface area contributed by atoms with Crippen LogP contribution in [0.25, 0.3) is 11.0 Å². The lowest BCUT2D eigenvalue weighted by atomic mass is 10.3. The Kier molecular flexibility index (Phi) is 4.20. The van der Waals surface area contributed by atoms with Crippen LogP contribution in [0.5, 0.6) is 0 Å². The van der Waals surface area contributed by atoms with Crippen molar-refractivity contribution in [1.29, 1.82) is 0 Å². The number of benzene rings is 1. The fraction of sp³-hybridized carbons (Fsp3) is 0.417. The number of nitrogens with one attached hydrogen (secondary N) is 1. The zero-order valence-corrected chi connectivity index (χ0v) is 11.3. The minimum atomic E-state index is 0.727. The number of ether oxygens (including phenoxy) is 1. The number of aromatic nitrogens is 2. The van der Waals surface area contributed by atoms with Gasteiger partial charge in [-0.05, 0) is 37.2 Å². The Balaban J connectivity index is 2.27. The molecule has 0 bridgehead atoms. The van der Waals surface area contributed by atoms with Gasteiger partial charge in [0.2, 0.25) is 0 Å². The molecule has 0 unspecified atom stereocenters. The predicted octanol–water partition coefficient (Wildman–Crippen LogP) is 3.78. The van der Waals surface area contributed by atoms with Gasteiger partial charge in [0.1, 0.15) is 0 Å². The van der Waals surface area contributed by atoms with Gasteiger partial charge in [-0.2, -0.15) is 0 Å². The number of fused-ring (bicyclic) bond motifs is 1. The maximum atomic E-state index is 6.20. The summed E-state index contributed by atoms with van der Waals surface area (Å²) in [6, 6.07) is 5.80. The zero-order chi connectivity index (χ0) is 12.3. The topological polar surface area (TPSA) is 29.9 Å². The third kappa shape index (κ3) is 2.70. The van der Waals surface area contributed by atoms with Crippen molar-refractivity contribution in [2.45, 2.75) is 19.4 Å². The fourth-order valence-electron chi connectivity index (χ4n) is 1.90. The molecule has 0 atom stereocenters. The monoisotopic (exact) mass is 270 g/mol. The highest BCUT2D eigenvalue weighted by Crippen LogP contribution is 2.23. The first-order valence-corrected chi connectivity index (χ1v) is 6.38. The molecule has 17 heavy (non-hydrogen) atoms. The van der Waals surface area contributed by atoms with Gasteiger partial charge in [-0.15, -0.1) is 0 Å². The number of methoxy groups -OCH3 is 1. The smallest absolute Gasteiger partial charge is 0.178 e. The molecule has 2 aromatic rings. The van der Waals surface area contributed by atoms with Gasteiger partial charge in [0.25, 0.3) is 0 Å². The van der Waals surface area contributed by atoms with Crippen LogP contribution < -0.4 is 0 Å². The summed E-state index contributed by atoms with van der Waals surface area (Å²) in [5, 5.41) is 0.738. The molecule has 5 heteroatoms. The summed E-state index contributed by atoms with van der Waals surface area (Å²) in [5.74, 6) is 0. The number of nitrogens with zero attached hydrogens (tertiary/aromatic N) is 1. The van der Waals surface area contributed by atoms with Crippen molar-refractivity contribution in [3.63, 3.8) is 0 Å². The molecular weight excluding hydrogens is 256 g/mol. The minimum absolute atomic E-state index is 0.727. The van der Waals surface area contributed by atoms with Gasteiger partial charge in [0.05, 0.1) is 16.1 Å². The summed E-state index contributed by atoms with van der Waals surface area (Å²) in [5.41, 5.74) is 1.99. The first-order valence-electron chi connectivity index (χ1n) is 5.60. The van der Waals surface area contributed by atoms with E-state index >= 15 is 0 Å². The number of imidazole rings is 1. The number of rotatable bonds is 5. The fourth-order valence-corrected chi connectivity index (χ4v) is 2.47. The Labute approximate surface area is 110 Å². The molecule has 3 nitrogen and oxygen atoms in total. The molecule has 0 amide bonds. The number of unbranched alkanes of at least 4 members (excludes halogenated alkanes) is 1. The van der Waals surface area contributed by atoms with Crippen LogP contribution in [0.15, 0.2) is 18.2 Å². The van der Waals surface area contributed by atoms with E-state index in [1.165, 1.54) is 0 Å². The average molecular weight is 271 g/mol. The predicted molar refractivity (Wildman–Crippen MR) is 73.2 cm³/mol. The van der Waals surface area contributed by atoms with Gasteiger partial charge in [0, 0.05) is 20.3 Å². The lowest BCUT2D eigenvalue weighted by molar-refractivity contribution is 0.191. The SMILES string of the molecule is COCCCCn1c(=S)[nH]c2cccc(Cl)c21. The van der Waals surface area contributed by atoms with Gasteiger partial charge < -0.3 is 14.3 Å². The molecule has 0 aliphatic heterocycles. The molecule has 0 aliphatic rings. The second-order valence-electron chi connectivity index (χ2n) is 3.92. The van der Waals surface area contributed by atoms with Crippen molar-refractivity contribution >= 4 is 34.9 Å². The van der Waals surface area contributed by atoms with E-state index in [0.29, 0.717) is 0 Å². The first kappa shape index (κ1) is 12.6.